The molecular formula is C19H32FIN6O2S. The molecule has 0 amide bonds. The highest BCUT2D eigenvalue weighted by atomic mass is 127. The Balaban J connectivity index is 0.00000320. The number of aromatic nitrogens is 1. The van der Waals surface area contributed by atoms with E-state index in [4.69, 9.17) is 4.99 Å². The highest BCUT2D eigenvalue weighted by Gasteiger charge is 2.27. The fourth-order valence-electron chi connectivity index (χ4n) is 3.84. The number of guanidine groups is 1. The third-order valence-electron chi connectivity index (χ3n) is 5.46. The number of aliphatic imine (C=N–C) groups is 1. The minimum atomic E-state index is -3.10. The third kappa shape index (κ3) is 6.91. The molecule has 0 bridgehead atoms. The van der Waals surface area contributed by atoms with E-state index in [1.807, 2.05) is 11.8 Å². The average Bonchev–Trinajstić information content (AvgIpc) is 3.14. The zero-order valence-corrected chi connectivity index (χ0v) is 20.7. The van der Waals surface area contributed by atoms with E-state index in [0.717, 1.165) is 38.3 Å². The largest absolute Gasteiger partial charge is 0.357 e. The van der Waals surface area contributed by atoms with Crippen LogP contribution >= 0.6 is 24.0 Å². The van der Waals surface area contributed by atoms with E-state index in [9.17, 15) is 12.8 Å². The molecule has 0 radical (unpaired) electrons. The normalized spacial score (nSPS) is 21.4. The van der Waals surface area contributed by atoms with Crippen LogP contribution in [0, 0.1) is 11.7 Å². The van der Waals surface area contributed by atoms with E-state index < -0.39 is 10.0 Å². The zero-order valence-electron chi connectivity index (χ0n) is 17.6. The number of pyridine rings is 1. The van der Waals surface area contributed by atoms with Crippen LogP contribution in [0.25, 0.3) is 0 Å². The summed E-state index contributed by atoms with van der Waals surface area (Å²) in [6, 6.07) is 3.20. The van der Waals surface area contributed by atoms with Crippen molar-refractivity contribution in [2.75, 3.05) is 50.4 Å². The second-order valence-corrected chi connectivity index (χ2v) is 9.69. The molecule has 30 heavy (non-hydrogen) atoms. The van der Waals surface area contributed by atoms with Crippen molar-refractivity contribution in [2.45, 2.75) is 32.2 Å². The number of nitrogens with zero attached hydrogens (tertiary/aromatic N) is 4. The molecule has 3 rings (SSSR count). The lowest BCUT2D eigenvalue weighted by atomic mass is 9.98. The van der Waals surface area contributed by atoms with E-state index >= 15 is 0 Å². The molecular weight excluding hydrogens is 522 g/mol. The second-order valence-electron chi connectivity index (χ2n) is 7.71. The summed E-state index contributed by atoms with van der Waals surface area (Å²) in [6.45, 7) is 5.99. The van der Waals surface area contributed by atoms with E-state index in [-0.39, 0.29) is 35.8 Å². The van der Waals surface area contributed by atoms with Crippen LogP contribution < -0.4 is 15.5 Å². The highest BCUT2D eigenvalue weighted by Crippen LogP contribution is 2.21. The Morgan fingerprint density at radius 2 is 2.03 bits per heavy atom. The predicted octanol–water partition coefficient (Wildman–Crippen LogP) is 1.64. The van der Waals surface area contributed by atoms with Crippen molar-refractivity contribution in [3.05, 3.63) is 24.1 Å². The average molecular weight is 554 g/mol. The molecule has 2 aliphatic heterocycles. The maximum absolute atomic E-state index is 14.0. The van der Waals surface area contributed by atoms with Crippen LogP contribution in [0.3, 0.4) is 0 Å². The minimum absolute atomic E-state index is 0. The summed E-state index contributed by atoms with van der Waals surface area (Å²) < 4.78 is 38.8. The third-order valence-corrected chi connectivity index (χ3v) is 6.77. The second kappa shape index (κ2) is 11.4. The summed E-state index contributed by atoms with van der Waals surface area (Å²) in [5.74, 6) is 1.24. The molecule has 1 aromatic rings. The molecule has 8 nitrogen and oxygen atoms in total. The lowest BCUT2D eigenvalue weighted by Crippen LogP contribution is -2.45. The molecule has 0 spiro atoms. The molecule has 0 saturated carbocycles. The molecule has 2 fully saturated rings. The van der Waals surface area contributed by atoms with E-state index in [1.54, 1.807) is 16.6 Å². The summed E-state index contributed by atoms with van der Waals surface area (Å²) in [5.41, 5.74) is 0. The Morgan fingerprint density at radius 3 is 2.67 bits per heavy atom. The fraction of sp³-hybridized carbons (Fsp3) is 0.684. The van der Waals surface area contributed by atoms with Crippen molar-refractivity contribution in [1.29, 1.82) is 0 Å². The SMILES string of the molecule is CCNC(=NCC1CCN(S(C)(=O)=O)CC1)NC1CCN(c2ncccc2F)C1.I. The van der Waals surface area contributed by atoms with Crippen LogP contribution in [0.1, 0.15) is 26.2 Å². The van der Waals surface area contributed by atoms with Gasteiger partial charge >= 0.3 is 0 Å². The number of hydrogen-bond acceptors (Lipinski definition) is 5. The van der Waals surface area contributed by atoms with Crippen molar-refractivity contribution in [3.8, 4) is 0 Å². The van der Waals surface area contributed by atoms with Gasteiger partial charge in [-0.2, -0.15) is 0 Å². The monoisotopic (exact) mass is 554 g/mol. The van der Waals surface area contributed by atoms with Gasteiger partial charge < -0.3 is 15.5 Å². The molecule has 2 saturated heterocycles. The van der Waals surface area contributed by atoms with Gasteiger partial charge in [0.25, 0.3) is 0 Å². The van der Waals surface area contributed by atoms with Crippen LogP contribution in [-0.4, -0.2) is 75.2 Å². The number of nitrogens with one attached hydrogen (secondary N) is 2. The Morgan fingerprint density at radius 1 is 1.30 bits per heavy atom. The molecule has 1 aromatic heterocycles. The van der Waals surface area contributed by atoms with E-state index in [1.165, 1.54) is 12.3 Å². The molecule has 170 valence electrons. The standard InChI is InChI=1S/C19H31FN6O2S.HI/c1-3-21-19(23-13-15-6-11-26(12-7-15)29(2,27)28)24-16-8-10-25(14-16)18-17(20)5-4-9-22-18;/h4-5,9,15-16H,3,6-8,10-14H2,1-2H3,(H2,21,23,24);1H. The first-order chi connectivity index (χ1) is 13.9. The number of sulfonamides is 1. The minimum Gasteiger partial charge on any atom is -0.357 e. The van der Waals surface area contributed by atoms with Crippen molar-refractivity contribution < 1.29 is 12.8 Å². The smallest absolute Gasteiger partial charge is 0.211 e. The van der Waals surface area contributed by atoms with Crippen LogP contribution in [0.5, 0.6) is 0 Å². The first-order valence-corrected chi connectivity index (χ1v) is 12.1. The first-order valence-electron chi connectivity index (χ1n) is 10.2. The number of hydrogen-bond donors (Lipinski definition) is 2. The summed E-state index contributed by atoms with van der Waals surface area (Å²) in [4.78, 5) is 10.8. The van der Waals surface area contributed by atoms with Gasteiger partial charge in [-0.3, -0.25) is 4.99 Å². The van der Waals surface area contributed by atoms with Crippen molar-refractivity contribution in [3.63, 3.8) is 0 Å². The van der Waals surface area contributed by atoms with Crippen LogP contribution in [0.2, 0.25) is 0 Å². The van der Waals surface area contributed by atoms with Crippen molar-refractivity contribution in [1.82, 2.24) is 19.9 Å². The molecule has 11 heteroatoms. The lowest BCUT2D eigenvalue weighted by Gasteiger charge is -2.29. The van der Waals surface area contributed by atoms with Gasteiger partial charge in [0.05, 0.1) is 6.26 Å². The van der Waals surface area contributed by atoms with Gasteiger partial charge in [0.1, 0.15) is 0 Å². The van der Waals surface area contributed by atoms with Gasteiger partial charge in [0.2, 0.25) is 10.0 Å². The Kier molecular flexibility index (Phi) is 9.54. The zero-order chi connectivity index (χ0) is 20.9. The van der Waals surface area contributed by atoms with Gasteiger partial charge in [-0.15, -0.1) is 24.0 Å². The number of anilines is 1. The predicted molar refractivity (Wildman–Crippen MR) is 128 cm³/mol. The fourth-order valence-corrected chi connectivity index (χ4v) is 4.71. The van der Waals surface area contributed by atoms with Gasteiger partial charge in [0.15, 0.2) is 17.6 Å². The molecule has 0 aliphatic carbocycles. The molecule has 2 aliphatic rings. The van der Waals surface area contributed by atoms with Crippen LogP contribution in [-0.2, 0) is 10.0 Å². The first kappa shape index (κ1) is 25.1. The van der Waals surface area contributed by atoms with Crippen molar-refractivity contribution >= 4 is 45.8 Å². The molecule has 3 heterocycles. The Bertz CT molecular complexity index is 817. The molecule has 1 unspecified atom stereocenters. The van der Waals surface area contributed by atoms with Crippen LogP contribution in [0.15, 0.2) is 23.3 Å². The van der Waals surface area contributed by atoms with Crippen LogP contribution in [0.4, 0.5) is 10.2 Å². The molecule has 0 aromatic carbocycles. The molecule has 1 atom stereocenters. The van der Waals surface area contributed by atoms with Crippen molar-refractivity contribution in [2.24, 2.45) is 10.9 Å². The Hall–Kier alpha value is -1.21. The maximum atomic E-state index is 14.0. The van der Waals surface area contributed by atoms with Gasteiger partial charge in [-0.1, -0.05) is 0 Å². The number of rotatable bonds is 6. The summed E-state index contributed by atoms with van der Waals surface area (Å²) in [6.07, 6.45) is 5.41. The van der Waals surface area contributed by atoms with Gasteiger partial charge in [-0.25, -0.2) is 22.1 Å². The van der Waals surface area contributed by atoms with Gasteiger partial charge in [-0.05, 0) is 44.2 Å². The summed E-state index contributed by atoms with van der Waals surface area (Å²) >= 11 is 0. The summed E-state index contributed by atoms with van der Waals surface area (Å²) in [7, 11) is -3.10. The van der Waals surface area contributed by atoms with Gasteiger partial charge in [0, 0.05) is 51.5 Å². The topological polar surface area (TPSA) is 89.9 Å². The highest BCUT2D eigenvalue weighted by molar-refractivity contribution is 14.0. The Labute approximate surface area is 195 Å². The number of halogens is 2. The molecule has 2 N–H and O–H groups in total. The quantitative estimate of drug-likeness (QED) is 0.316. The lowest BCUT2D eigenvalue weighted by molar-refractivity contribution is 0.280. The van der Waals surface area contributed by atoms with E-state index in [2.05, 4.69) is 15.6 Å². The summed E-state index contributed by atoms with van der Waals surface area (Å²) in [5, 5.41) is 6.72. The maximum Gasteiger partial charge on any atom is 0.211 e. The number of piperidine rings is 1. The van der Waals surface area contributed by atoms with E-state index in [0.29, 0.717) is 37.9 Å².